The fourth-order valence-corrected chi connectivity index (χ4v) is 2.73. The van der Waals surface area contributed by atoms with Crippen molar-refractivity contribution in [3.8, 4) is 0 Å². The van der Waals surface area contributed by atoms with Gasteiger partial charge in [0.25, 0.3) is 0 Å². The minimum Gasteiger partial charge on any atom is -0.309 e. The molecule has 0 spiro atoms. The topological polar surface area (TPSA) is 12.0 Å². The van der Waals surface area contributed by atoms with Crippen molar-refractivity contribution in [1.29, 1.82) is 0 Å². The molecule has 0 saturated carbocycles. The van der Waals surface area contributed by atoms with E-state index in [0.29, 0.717) is 0 Å². The van der Waals surface area contributed by atoms with Crippen LogP contribution in [0.2, 0.25) is 0 Å². The van der Waals surface area contributed by atoms with Gasteiger partial charge in [0, 0.05) is 0 Å². The average molecular weight is 235 g/mol. The van der Waals surface area contributed by atoms with Crippen molar-refractivity contribution in [2.45, 2.75) is 13.0 Å². The van der Waals surface area contributed by atoms with Crippen molar-refractivity contribution in [3.63, 3.8) is 0 Å². The number of hydrogen-bond acceptors (Lipinski definition) is 2. The highest BCUT2D eigenvalue weighted by atomic mass is 32.1. The van der Waals surface area contributed by atoms with E-state index >= 15 is 0 Å². The number of benzene rings is 1. The van der Waals surface area contributed by atoms with Gasteiger partial charge in [-0.05, 0) is 53.6 Å². The second-order valence-electron chi connectivity index (χ2n) is 3.79. The monoisotopic (exact) mass is 235 g/mol. The van der Waals surface area contributed by atoms with Gasteiger partial charge in [0.15, 0.2) is 0 Å². The van der Waals surface area contributed by atoms with Crippen molar-refractivity contribution in [2.24, 2.45) is 0 Å². The van der Waals surface area contributed by atoms with Crippen LogP contribution in [0.4, 0.5) is 4.39 Å². The highest BCUT2D eigenvalue weighted by molar-refractivity contribution is 7.08. The molecule has 1 aromatic carbocycles. The molecular weight excluding hydrogens is 221 g/mol. The Balaban J connectivity index is 2.40. The Kier molecular flexibility index (Phi) is 3.36. The number of aryl methyl sites for hydroxylation is 1. The minimum absolute atomic E-state index is 0.0712. The normalized spacial score (nSPS) is 12.7. The van der Waals surface area contributed by atoms with Crippen LogP contribution in [0.15, 0.2) is 35.0 Å². The fraction of sp³-hybridized carbons (Fsp3) is 0.231. The number of thiophene rings is 1. The van der Waals surface area contributed by atoms with E-state index in [1.54, 1.807) is 23.5 Å². The third kappa shape index (κ3) is 2.15. The van der Waals surface area contributed by atoms with Crippen LogP contribution in [0.1, 0.15) is 22.7 Å². The molecule has 1 unspecified atom stereocenters. The molecule has 0 radical (unpaired) electrons. The maximum absolute atomic E-state index is 13.2. The third-order valence-electron chi connectivity index (χ3n) is 2.68. The highest BCUT2D eigenvalue weighted by Gasteiger charge is 2.15. The Morgan fingerprint density at radius 1 is 1.31 bits per heavy atom. The highest BCUT2D eigenvalue weighted by Crippen LogP contribution is 2.27. The van der Waals surface area contributed by atoms with E-state index in [4.69, 9.17) is 0 Å². The van der Waals surface area contributed by atoms with Gasteiger partial charge in [0.05, 0.1) is 6.04 Å². The molecule has 0 aliphatic heterocycles. The zero-order valence-corrected chi connectivity index (χ0v) is 10.1. The lowest BCUT2D eigenvalue weighted by Crippen LogP contribution is -2.17. The first-order valence-corrected chi connectivity index (χ1v) is 6.12. The summed E-state index contributed by atoms with van der Waals surface area (Å²) >= 11 is 1.68. The molecule has 1 atom stereocenters. The van der Waals surface area contributed by atoms with Gasteiger partial charge in [-0.1, -0.05) is 12.1 Å². The van der Waals surface area contributed by atoms with E-state index < -0.39 is 0 Å². The number of rotatable bonds is 3. The van der Waals surface area contributed by atoms with E-state index in [-0.39, 0.29) is 11.9 Å². The summed E-state index contributed by atoms with van der Waals surface area (Å²) in [5.41, 5.74) is 3.43. The molecule has 1 nitrogen and oxygen atoms in total. The van der Waals surface area contributed by atoms with E-state index in [2.05, 4.69) is 23.0 Å². The molecule has 0 amide bonds. The van der Waals surface area contributed by atoms with Gasteiger partial charge in [-0.2, -0.15) is 11.3 Å². The lowest BCUT2D eigenvalue weighted by atomic mass is 9.99. The Morgan fingerprint density at radius 3 is 2.69 bits per heavy atom. The quantitative estimate of drug-likeness (QED) is 0.858. The zero-order chi connectivity index (χ0) is 11.5. The molecule has 0 fully saturated rings. The summed E-state index contributed by atoms with van der Waals surface area (Å²) in [5.74, 6) is -0.189. The molecule has 2 rings (SSSR count). The fourth-order valence-electron chi connectivity index (χ4n) is 1.85. The van der Waals surface area contributed by atoms with E-state index in [1.165, 1.54) is 17.2 Å². The lowest BCUT2D eigenvalue weighted by molar-refractivity contribution is 0.616. The maximum Gasteiger partial charge on any atom is 0.123 e. The van der Waals surface area contributed by atoms with Crippen LogP contribution in [0, 0.1) is 12.7 Å². The van der Waals surface area contributed by atoms with Crippen LogP contribution in [0.25, 0.3) is 0 Å². The zero-order valence-electron chi connectivity index (χ0n) is 9.33. The van der Waals surface area contributed by atoms with Gasteiger partial charge < -0.3 is 5.32 Å². The molecule has 1 aromatic heterocycles. The summed E-state index contributed by atoms with van der Waals surface area (Å²) in [4.78, 5) is 0. The largest absolute Gasteiger partial charge is 0.309 e. The van der Waals surface area contributed by atoms with E-state index in [9.17, 15) is 4.39 Å². The Bertz CT molecular complexity index is 478. The van der Waals surface area contributed by atoms with Gasteiger partial charge in [-0.25, -0.2) is 4.39 Å². The molecule has 0 saturated heterocycles. The standard InChI is InChI=1S/C13H14FNS/c1-9-7-16-8-12(9)13(15-2)10-4-3-5-11(14)6-10/h3-8,13,15H,1-2H3. The van der Waals surface area contributed by atoms with Crippen molar-refractivity contribution in [3.05, 3.63) is 57.5 Å². The van der Waals surface area contributed by atoms with Crippen LogP contribution in [0.5, 0.6) is 0 Å². The molecule has 16 heavy (non-hydrogen) atoms. The predicted molar refractivity (Wildman–Crippen MR) is 66.4 cm³/mol. The molecule has 3 heteroatoms. The first kappa shape index (κ1) is 11.3. The second kappa shape index (κ2) is 4.76. The van der Waals surface area contributed by atoms with Gasteiger partial charge in [-0.15, -0.1) is 0 Å². The van der Waals surface area contributed by atoms with Crippen LogP contribution in [0.3, 0.4) is 0 Å². The Hall–Kier alpha value is -1.19. The molecule has 1 N–H and O–H groups in total. The summed E-state index contributed by atoms with van der Waals surface area (Å²) in [6, 6.07) is 6.81. The van der Waals surface area contributed by atoms with Crippen LogP contribution >= 0.6 is 11.3 Å². The summed E-state index contributed by atoms with van der Waals surface area (Å²) in [7, 11) is 1.90. The van der Waals surface area contributed by atoms with Gasteiger partial charge in [0.2, 0.25) is 0 Å². The molecule has 84 valence electrons. The van der Waals surface area contributed by atoms with Crippen LogP contribution in [-0.2, 0) is 0 Å². The van der Waals surface area contributed by atoms with Crippen molar-refractivity contribution >= 4 is 11.3 Å². The van der Waals surface area contributed by atoms with Crippen molar-refractivity contribution in [2.75, 3.05) is 7.05 Å². The first-order valence-electron chi connectivity index (χ1n) is 5.18. The molecule has 2 aromatic rings. The predicted octanol–water partition coefficient (Wildman–Crippen LogP) is 3.50. The summed E-state index contributed by atoms with van der Waals surface area (Å²) < 4.78 is 13.2. The molecule has 0 aliphatic rings. The van der Waals surface area contributed by atoms with Gasteiger partial charge in [-0.3, -0.25) is 0 Å². The average Bonchev–Trinajstić information content (AvgIpc) is 2.67. The van der Waals surface area contributed by atoms with Crippen LogP contribution < -0.4 is 5.32 Å². The number of nitrogens with one attached hydrogen (secondary N) is 1. The first-order chi connectivity index (χ1) is 7.72. The molecule has 1 heterocycles. The number of halogens is 1. The lowest BCUT2D eigenvalue weighted by Gasteiger charge is -2.16. The Labute approximate surface area is 98.9 Å². The molecule has 0 bridgehead atoms. The van der Waals surface area contributed by atoms with E-state index in [0.717, 1.165) is 5.56 Å². The van der Waals surface area contributed by atoms with Crippen LogP contribution in [-0.4, -0.2) is 7.05 Å². The van der Waals surface area contributed by atoms with Gasteiger partial charge in [0.1, 0.15) is 5.82 Å². The molecular formula is C13H14FNS. The minimum atomic E-state index is -0.189. The van der Waals surface area contributed by atoms with Crippen molar-refractivity contribution < 1.29 is 4.39 Å². The Morgan fingerprint density at radius 2 is 2.12 bits per heavy atom. The van der Waals surface area contributed by atoms with Crippen molar-refractivity contribution in [1.82, 2.24) is 5.32 Å². The summed E-state index contributed by atoms with van der Waals surface area (Å²) in [6.07, 6.45) is 0. The second-order valence-corrected chi connectivity index (χ2v) is 4.53. The molecule has 0 aliphatic carbocycles. The SMILES string of the molecule is CNC(c1cccc(F)c1)c1cscc1C. The smallest absolute Gasteiger partial charge is 0.123 e. The maximum atomic E-state index is 13.2. The van der Waals surface area contributed by atoms with E-state index in [1.807, 2.05) is 13.1 Å². The summed E-state index contributed by atoms with van der Waals surface area (Å²) in [5, 5.41) is 7.45. The summed E-state index contributed by atoms with van der Waals surface area (Å²) in [6.45, 7) is 2.08. The third-order valence-corrected chi connectivity index (χ3v) is 3.56. The number of hydrogen-bond donors (Lipinski definition) is 1. The van der Waals surface area contributed by atoms with Gasteiger partial charge >= 0.3 is 0 Å².